The van der Waals surface area contributed by atoms with Crippen molar-refractivity contribution < 1.29 is 14.3 Å². The molecular weight excluding hydrogens is 254 g/mol. The fourth-order valence-electron chi connectivity index (χ4n) is 3.56. The minimum atomic E-state index is 0.131. The van der Waals surface area contributed by atoms with Crippen molar-refractivity contribution in [1.29, 1.82) is 0 Å². The Morgan fingerprint density at radius 2 is 1.90 bits per heavy atom. The van der Waals surface area contributed by atoms with E-state index < -0.39 is 0 Å². The zero-order valence-electron chi connectivity index (χ0n) is 12.0. The predicted octanol–water partition coefficient (Wildman–Crippen LogP) is 2.48. The van der Waals surface area contributed by atoms with Crippen LogP contribution in [0.2, 0.25) is 0 Å². The fraction of sp³-hybridized carbons (Fsp3) is 0.562. The Bertz CT molecular complexity index is 488. The third-order valence-electron chi connectivity index (χ3n) is 4.57. The standard InChI is InChI=1S/C16H21NO3/c1-19-14-5-3-4-11(8-14)16(18)17-12-6-7-13(17)10-15(9-12)20-2/h3-5,8,12-13,15H,6-7,9-10H2,1-2H3. The van der Waals surface area contributed by atoms with Crippen LogP contribution in [0.3, 0.4) is 0 Å². The first-order valence-corrected chi connectivity index (χ1v) is 7.22. The molecule has 0 aliphatic carbocycles. The summed E-state index contributed by atoms with van der Waals surface area (Å²) in [4.78, 5) is 14.8. The van der Waals surface area contributed by atoms with Gasteiger partial charge in [-0.05, 0) is 43.9 Å². The van der Waals surface area contributed by atoms with Gasteiger partial charge in [-0.15, -0.1) is 0 Å². The van der Waals surface area contributed by atoms with Gasteiger partial charge in [0.05, 0.1) is 13.2 Å². The number of nitrogens with zero attached hydrogens (tertiary/aromatic N) is 1. The third-order valence-corrected chi connectivity index (χ3v) is 4.57. The van der Waals surface area contributed by atoms with Gasteiger partial charge >= 0.3 is 0 Å². The van der Waals surface area contributed by atoms with Crippen molar-refractivity contribution in [3.8, 4) is 5.75 Å². The Morgan fingerprint density at radius 1 is 1.20 bits per heavy atom. The summed E-state index contributed by atoms with van der Waals surface area (Å²) in [6.07, 6.45) is 4.42. The first kappa shape index (κ1) is 13.4. The summed E-state index contributed by atoms with van der Waals surface area (Å²) >= 11 is 0. The quantitative estimate of drug-likeness (QED) is 0.850. The van der Waals surface area contributed by atoms with Crippen molar-refractivity contribution in [2.24, 2.45) is 0 Å². The molecule has 1 amide bonds. The maximum absolute atomic E-state index is 12.8. The number of hydrogen-bond acceptors (Lipinski definition) is 3. The van der Waals surface area contributed by atoms with Gasteiger partial charge in [0.1, 0.15) is 5.75 Å². The molecule has 0 saturated carbocycles. The van der Waals surface area contributed by atoms with Gasteiger partial charge in [-0.25, -0.2) is 0 Å². The van der Waals surface area contributed by atoms with E-state index in [-0.39, 0.29) is 5.91 Å². The summed E-state index contributed by atoms with van der Waals surface area (Å²) in [5.41, 5.74) is 0.720. The van der Waals surface area contributed by atoms with Crippen LogP contribution in [-0.4, -0.2) is 43.2 Å². The Balaban J connectivity index is 1.81. The molecule has 108 valence electrons. The fourth-order valence-corrected chi connectivity index (χ4v) is 3.56. The number of hydrogen-bond donors (Lipinski definition) is 0. The van der Waals surface area contributed by atoms with E-state index in [0.717, 1.165) is 37.0 Å². The van der Waals surface area contributed by atoms with Gasteiger partial charge in [-0.2, -0.15) is 0 Å². The molecule has 2 fully saturated rings. The van der Waals surface area contributed by atoms with E-state index in [4.69, 9.17) is 9.47 Å². The number of methoxy groups -OCH3 is 2. The van der Waals surface area contributed by atoms with Gasteiger partial charge < -0.3 is 14.4 Å². The number of amides is 1. The van der Waals surface area contributed by atoms with E-state index in [0.29, 0.717) is 18.2 Å². The largest absolute Gasteiger partial charge is 0.497 e. The summed E-state index contributed by atoms with van der Waals surface area (Å²) in [5.74, 6) is 0.862. The van der Waals surface area contributed by atoms with E-state index in [1.54, 1.807) is 14.2 Å². The van der Waals surface area contributed by atoms with Crippen molar-refractivity contribution in [2.45, 2.75) is 43.9 Å². The molecule has 1 aromatic rings. The Kier molecular flexibility index (Phi) is 3.66. The lowest BCUT2D eigenvalue weighted by Gasteiger charge is -2.38. The second-order valence-electron chi connectivity index (χ2n) is 5.66. The monoisotopic (exact) mass is 275 g/mol. The van der Waals surface area contributed by atoms with Crippen LogP contribution in [0.5, 0.6) is 5.75 Å². The molecule has 1 aromatic carbocycles. The van der Waals surface area contributed by atoms with Gasteiger partial charge in [-0.1, -0.05) is 6.07 Å². The van der Waals surface area contributed by atoms with Crippen LogP contribution in [0.15, 0.2) is 24.3 Å². The molecule has 2 atom stereocenters. The Morgan fingerprint density at radius 3 is 2.50 bits per heavy atom. The van der Waals surface area contributed by atoms with E-state index in [1.807, 2.05) is 24.3 Å². The maximum atomic E-state index is 12.8. The van der Waals surface area contributed by atoms with Crippen molar-refractivity contribution in [2.75, 3.05) is 14.2 Å². The first-order valence-electron chi connectivity index (χ1n) is 7.22. The molecule has 3 rings (SSSR count). The average Bonchev–Trinajstić information content (AvgIpc) is 2.76. The second-order valence-corrected chi connectivity index (χ2v) is 5.66. The molecule has 2 aliphatic heterocycles. The summed E-state index contributed by atoms with van der Waals surface area (Å²) < 4.78 is 10.7. The number of rotatable bonds is 3. The Labute approximate surface area is 119 Å². The van der Waals surface area contributed by atoms with Crippen LogP contribution in [0, 0.1) is 0 Å². The number of carbonyl (C=O) groups is 1. The highest BCUT2D eigenvalue weighted by atomic mass is 16.5. The number of carbonyl (C=O) groups excluding carboxylic acids is 1. The topological polar surface area (TPSA) is 38.8 Å². The zero-order valence-corrected chi connectivity index (χ0v) is 12.0. The summed E-state index contributed by atoms with van der Waals surface area (Å²) in [7, 11) is 3.39. The number of benzene rings is 1. The molecule has 4 heteroatoms. The van der Waals surface area contributed by atoms with Gasteiger partial charge in [0.15, 0.2) is 0 Å². The summed E-state index contributed by atoms with van der Waals surface area (Å²) in [6, 6.07) is 8.09. The van der Waals surface area contributed by atoms with Crippen molar-refractivity contribution in [3.63, 3.8) is 0 Å². The molecule has 2 unspecified atom stereocenters. The van der Waals surface area contributed by atoms with Gasteiger partial charge in [-0.3, -0.25) is 4.79 Å². The van der Waals surface area contributed by atoms with Crippen LogP contribution in [-0.2, 0) is 4.74 Å². The van der Waals surface area contributed by atoms with Crippen molar-refractivity contribution in [1.82, 2.24) is 4.90 Å². The summed E-state index contributed by atoms with van der Waals surface area (Å²) in [5, 5.41) is 0. The first-order chi connectivity index (χ1) is 9.72. The van der Waals surface area contributed by atoms with E-state index in [9.17, 15) is 4.79 Å². The number of piperidine rings is 1. The van der Waals surface area contributed by atoms with Gasteiger partial charge in [0, 0.05) is 24.8 Å². The highest BCUT2D eigenvalue weighted by molar-refractivity contribution is 5.95. The second kappa shape index (κ2) is 5.44. The molecule has 0 aromatic heterocycles. The van der Waals surface area contributed by atoms with Crippen LogP contribution >= 0.6 is 0 Å². The molecular formula is C16H21NO3. The summed E-state index contributed by atoms with van der Waals surface area (Å²) in [6.45, 7) is 0. The third kappa shape index (κ3) is 2.29. The molecule has 20 heavy (non-hydrogen) atoms. The average molecular weight is 275 g/mol. The SMILES string of the molecule is COc1cccc(C(=O)N2C3CCC2CC(OC)C3)c1. The Hall–Kier alpha value is -1.55. The van der Waals surface area contributed by atoms with Crippen molar-refractivity contribution >= 4 is 5.91 Å². The normalized spacial score (nSPS) is 28.5. The molecule has 2 heterocycles. The molecule has 2 bridgehead atoms. The van der Waals surface area contributed by atoms with Crippen LogP contribution in [0.25, 0.3) is 0 Å². The van der Waals surface area contributed by atoms with Gasteiger partial charge in [0.2, 0.25) is 0 Å². The minimum absolute atomic E-state index is 0.131. The lowest BCUT2D eigenvalue weighted by atomic mass is 9.98. The lowest BCUT2D eigenvalue weighted by molar-refractivity contribution is 0.00821. The number of ether oxygens (including phenoxy) is 2. The molecule has 0 radical (unpaired) electrons. The zero-order chi connectivity index (χ0) is 14.1. The molecule has 4 nitrogen and oxygen atoms in total. The minimum Gasteiger partial charge on any atom is -0.497 e. The maximum Gasteiger partial charge on any atom is 0.254 e. The molecule has 0 N–H and O–H groups in total. The van der Waals surface area contributed by atoms with E-state index in [1.165, 1.54) is 0 Å². The molecule has 2 saturated heterocycles. The molecule has 0 spiro atoms. The van der Waals surface area contributed by atoms with E-state index in [2.05, 4.69) is 4.90 Å². The van der Waals surface area contributed by atoms with Gasteiger partial charge in [0.25, 0.3) is 5.91 Å². The van der Waals surface area contributed by atoms with E-state index >= 15 is 0 Å². The molecule has 2 aliphatic rings. The van der Waals surface area contributed by atoms with Crippen LogP contribution in [0.4, 0.5) is 0 Å². The highest BCUT2D eigenvalue weighted by Gasteiger charge is 2.43. The van der Waals surface area contributed by atoms with Crippen LogP contribution < -0.4 is 4.74 Å². The lowest BCUT2D eigenvalue weighted by Crippen LogP contribution is -2.48. The predicted molar refractivity (Wildman–Crippen MR) is 76.0 cm³/mol. The highest BCUT2D eigenvalue weighted by Crippen LogP contribution is 2.37. The van der Waals surface area contributed by atoms with Crippen molar-refractivity contribution in [3.05, 3.63) is 29.8 Å². The van der Waals surface area contributed by atoms with Crippen LogP contribution in [0.1, 0.15) is 36.0 Å². The smallest absolute Gasteiger partial charge is 0.254 e. The number of fused-ring (bicyclic) bond motifs is 2.